The van der Waals surface area contributed by atoms with Crippen molar-refractivity contribution in [3.8, 4) is 0 Å². The maximum Gasteiger partial charge on any atom is 0.286 e. The highest BCUT2D eigenvalue weighted by Gasteiger charge is 2.29. The Hall–Kier alpha value is -2.12. The number of thioether (sulfide) groups is 1. The van der Waals surface area contributed by atoms with E-state index in [1.165, 1.54) is 17.8 Å². The van der Waals surface area contributed by atoms with Gasteiger partial charge in [0, 0.05) is 31.1 Å². The Kier molecular flexibility index (Phi) is 4.59. The van der Waals surface area contributed by atoms with Crippen LogP contribution in [0.5, 0.6) is 0 Å². The van der Waals surface area contributed by atoms with Crippen LogP contribution in [-0.2, 0) is 4.79 Å². The molecule has 0 atom stereocenters. The molecule has 7 heteroatoms. The second kappa shape index (κ2) is 7.01. The second-order valence-corrected chi connectivity index (χ2v) is 7.74. The molecule has 1 aromatic carbocycles. The maximum absolute atomic E-state index is 13.9. The average Bonchev–Trinajstić information content (AvgIpc) is 3.26. The summed E-state index contributed by atoms with van der Waals surface area (Å²) in [6, 6.07) is 10.8. The van der Waals surface area contributed by atoms with Crippen molar-refractivity contribution < 1.29 is 9.18 Å². The normalized spacial score (nSPS) is 19.6. The van der Waals surface area contributed by atoms with Crippen molar-refractivity contribution in [2.75, 3.05) is 31.1 Å². The van der Waals surface area contributed by atoms with Crippen LogP contribution in [0.4, 0.5) is 10.1 Å². The monoisotopic (exact) mass is 373 g/mol. The summed E-state index contributed by atoms with van der Waals surface area (Å²) < 4.78 is 13.9. The van der Waals surface area contributed by atoms with E-state index in [0.29, 0.717) is 23.7 Å². The number of piperazine rings is 1. The van der Waals surface area contributed by atoms with Crippen LogP contribution in [0.2, 0.25) is 0 Å². The molecule has 0 aliphatic carbocycles. The number of amides is 1. The Morgan fingerprint density at radius 1 is 1.04 bits per heavy atom. The molecule has 4 nitrogen and oxygen atoms in total. The van der Waals surface area contributed by atoms with E-state index in [1.807, 2.05) is 34.6 Å². The van der Waals surface area contributed by atoms with Crippen LogP contribution in [-0.4, -0.2) is 42.2 Å². The predicted octanol–water partition coefficient (Wildman–Crippen LogP) is 3.68. The van der Waals surface area contributed by atoms with Gasteiger partial charge in [-0.25, -0.2) is 4.39 Å². The van der Waals surface area contributed by atoms with E-state index in [9.17, 15) is 9.18 Å². The molecule has 3 heterocycles. The number of aliphatic imine (C=N–C) groups is 1. The van der Waals surface area contributed by atoms with E-state index in [0.717, 1.165) is 23.1 Å². The molecule has 0 spiro atoms. The van der Waals surface area contributed by atoms with Gasteiger partial charge in [0.1, 0.15) is 5.82 Å². The van der Waals surface area contributed by atoms with Crippen molar-refractivity contribution >= 4 is 45.9 Å². The van der Waals surface area contributed by atoms with Crippen LogP contribution in [0.3, 0.4) is 0 Å². The van der Waals surface area contributed by atoms with E-state index in [2.05, 4.69) is 9.89 Å². The number of benzene rings is 1. The highest BCUT2D eigenvalue weighted by atomic mass is 32.2. The Morgan fingerprint density at radius 3 is 2.52 bits per heavy atom. The van der Waals surface area contributed by atoms with Crippen LogP contribution in [0.25, 0.3) is 6.08 Å². The van der Waals surface area contributed by atoms with Crippen molar-refractivity contribution in [3.05, 3.63) is 57.4 Å². The fraction of sp³-hybridized carbons (Fsp3) is 0.222. The van der Waals surface area contributed by atoms with Gasteiger partial charge in [-0.3, -0.25) is 4.79 Å². The van der Waals surface area contributed by atoms with Crippen LogP contribution in [0.1, 0.15) is 4.88 Å². The van der Waals surface area contributed by atoms with Crippen molar-refractivity contribution in [2.24, 2.45) is 4.99 Å². The third-order valence-corrected chi connectivity index (χ3v) is 6.03. The fourth-order valence-corrected chi connectivity index (χ4v) is 4.57. The van der Waals surface area contributed by atoms with Gasteiger partial charge in [0.05, 0.1) is 10.6 Å². The molecule has 0 bridgehead atoms. The Balaban J connectivity index is 1.41. The quantitative estimate of drug-likeness (QED) is 0.753. The van der Waals surface area contributed by atoms with E-state index < -0.39 is 0 Å². The first-order valence-corrected chi connectivity index (χ1v) is 9.71. The third kappa shape index (κ3) is 3.48. The summed E-state index contributed by atoms with van der Waals surface area (Å²) in [5.41, 5.74) is 0.637. The number of hydrogen-bond acceptors (Lipinski definition) is 5. The van der Waals surface area contributed by atoms with Crippen molar-refractivity contribution in [3.63, 3.8) is 0 Å². The number of thiophene rings is 1. The molecule has 2 aliphatic heterocycles. The molecule has 4 rings (SSSR count). The molecule has 0 unspecified atom stereocenters. The van der Waals surface area contributed by atoms with Crippen molar-refractivity contribution in [1.82, 2.24) is 4.90 Å². The first-order chi connectivity index (χ1) is 12.2. The number of para-hydroxylation sites is 1. The molecule has 2 aliphatic rings. The minimum absolute atomic E-state index is 0.176. The minimum Gasteiger partial charge on any atom is -0.366 e. The van der Waals surface area contributed by atoms with Crippen LogP contribution in [0, 0.1) is 5.82 Å². The number of hydrogen-bond donors (Lipinski definition) is 0. The summed E-state index contributed by atoms with van der Waals surface area (Å²) in [7, 11) is 0. The van der Waals surface area contributed by atoms with Gasteiger partial charge in [0.15, 0.2) is 5.17 Å². The Bertz CT molecular complexity index is 840. The number of halogens is 1. The lowest BCUT2D eigenvalue weighted by atomic mass is 10.2. The number of anilines is 1. The van der Waals surface area contributed by atoms with Gasteiger partial charge < -0.3 is 9.80 Å². The summed E-state index contributed by atoms with van der Waals surface area (Å²) in [5, 5.41) is 2.74. The molecule has 1 aromatic heterocycles. The van der Waals surface area contributed by atoms with Crippen LogP contribution in [0.15, 0.2) is 51.7 Å². The molecule has 0 N–H and O–H groups in total. The number of amidine groups is 1. The lowest BCUT2D eigenvalue weighted by Gasteiger charge is -2.36. The van der Waals surface area contributed by atoms with Crippen molar-refractivity contribution in [2.45, 2.75) is 0 Å². The average molecular weight is 373 g/mol. The Morgan fingerprint density at radius 2 is 1.80 bits per heavy atom. The van der Waals surface area contributed by atoms with E-state index in [4.69, 9.17) is 0 Å². The zero-order chi connectivity index (χ0) is 17.2. The zero-order valence-electron chi connectivity index (χ0n) is 13.4. The summed E-state index contributed by atoms with van der Waals surface area (Å²) in [6.07, 6.45) is 1.89. The maximum atomic E-state index is 13.9. The van der Waals surface area contributed by atoms with Gasteiger partial charge in [-0.1, -0.05) is 18.2 Å². The topological polar surface area (TPSA) is 35.9 Å². The van der Waals surface area contributed by atoms with Gasteiger partial charge in [-0.2, -0.15) is 4.99 Å². The zero-order valence-corrected chi connectivity index (χ0v) is 15.0. The van der Waals surface area contributed by atoms with Gasteiger partial charge in [0.2, 0.25) is 0 Å². The lowest BCUT2D eigenvalue weighted by molar-refractivity contribution is -0.113. The van der Waals surface area contributed by atoms with Gasteiger partial charge in [0.25, 0.3) is 5.91 Å². The third-order valence-electron chi connectivity index (χ3n) is 4.17. The highest BCUT2D eigenvalue weighted by Crippen LogP contribution is 2.32. The first-order valence-electron chi connectivity index (χ1n) is 8.01. The number of carbonyl (C=O) groups is 1. The first kappa shape index (κ1) is 16.4. The van der Waals surface area contributed by atoms with E-state index in [-0.39, 0.29) is 11.7 Å². The minimum atomic E-state index is -0.195. The SMILES string of the molecule is O=C1N=C(N2CCN(c3ccccc3F)CC2)S/C1=C/c1cccs1. The van der Waals surface area contributed by atoms with Crippen molar-refractivity contribution in [1.29, 1.82) is 0 Å². The van der Waals surface area contributed by atoms with E-state index >= 15 is 0 Å². The van der Waals surface area contributed by atoms with Gasteiger partial charge >= 0.3 is 0 Å². The number of nitrogens with zero attached hydrogens (tertiary/aromatic N) is 3. The number of carbonyl (C=O) groups excluding carboxylic acids is 1. The molecule has 0 radical (unpaired) electrons. The molecular weight excluding hydrogens is 357 g/mol. The standard InChI is InChI=1S/C18H16FN3OS2/c19-14-5-1-2-6-15(14)21-7-9-22(10-8-21)18-20-17(23)16(25-18)12-13-4-3-11-24-13/h1-6,11-12H,7-10H2/b16-12+. The largest absolute Gasteiger partial charge is 0.366 e. The Labute approximate surface area is 153 Å². The van der Waals surface area contributed by atoms with Crippen LogP contribution >= 0.6 is 23.1 Å². The lowest BCUT2D eigenvalue weighted by Crippen LogP contribution is -2.48. The van der Waals surface area contributed by atoms with Crippen LogP contribution < -0.4 is 4.90 Å². The molecule has 1 fully saturated rings. The summed E-state index contributed by atoms with van der Waals surface area (Å²) >= 11 is 3.02. The highest BCUT2D eigenvalue weighted by molar-refractivity contribution is 8.18. The molecule has 1 saturated heterocycles. The van der Waals surface area contributed by atoms with E-state index in [1.54, 1.807) is 23.5 Å². The summed E-state index contributed by atoms with van der Waals surface area (Å²) in [6.45, 7) is 2.86. The number of rotatable bonds is 2. The molecule has 1 amide bonds. The molecule has 128 valence electrons. The van der Waals surface area contributed by atoms with Gasteiger partial charge in [-0.15, -0.1) is 11.3 Å². The summed E-state index contributed by atoms with van der Waals surface area (Å²) in [4.78, 5) is 22.2. The molecule has 25 heavy (non-hydrogen) atoms. The molecule has 2 aromatic rings. The smallest absolute Gasteiger partial charge is 0.286 e. The molecular formula is C18H16FN3OS2. The second-order valence-electron chi connectivity index (χ2n) is 5.75. The molecule has 0 saturated carbocycles. The fourth-order valence-electron chi connectivity index (χ4n) is 2.88. The summed E-state index contributed by atoms with van der Waals surface area (Å²) in [5.74, 6) is -0.371. The van der Waals surface area contributed by atoms with Gasteiger partial charge in [-0.05, 0) is 41.4 Å². The predicted molar refractivity (Wildman–Crippen MR) is 103 cm³/mol.